The highest BCUT2D eigenvalue weighted by molar-refractivity contribution is 6.15. The van der Waals surface area contributed by atoms with Crippen molar-refractivity contribution in [1.82, 2.24) is 28.9 Å². The summed E-state index contributed by atoms with van der Waals surface area (Å²) in [4.78, 5) is 30.5. The van der Waals surface area contributed by atoms with E-state index in [0.29, 0.717) is 24.2 Å². The summed E-state index contributed by atoms with van der Waals surface area (Å²) in [6.45, 7) is 4.72. The zero-order valence-electron chi connectivity index (χ0n) is 22.6. The standard InChI is InChI=1S/C30H30ClN7O2/c1-18-6-4-7-20(14-18)19(2)32-28(39)24-17-36(3)25-10-9-21(15-23(24)25)22-11-13-38-27(16-22)33-30(35-38)34-29(40)26-8-5-12-37(26)31/h4,6-7,9-11,13-17,19,26H,5,8,12H2,1-3H3,(H,32,39)(H,34,35,40)/t19-,26+/m0/s1. The topological polar surface area (TPSA) is 96.6 Å². The number of aromatic nitrogens is 4. The van der Waals surface area contributed by atoms with E-state index in [-0.39, 0.29) is 29.8 Å². The molecule has 5 aromatic rings. The van der Waals surface area contributed by atoms with Gasteiger partial charge in [0.15, 0.2) is 5.65 Å². The predicted octanol–water partition coefficient (Wildman–Crippen LogP) is 5.24. The molecule has 40 heavy (non-hydrogen) atoms. The van der Waals surface area contributed by atoms with E-state index < -0.39 is 0 Å². The fourth-order valence-electron chi connectivity index (χ4n) is 5.35. The van der Waals surface area contributed by atoms with Crippen LogP contribution in [0.3, 0.4) is 0 Å². The molecule has 2 atom stereocenters. The van der Waals surface area contributed by atoms with Gasteiger partial charge in [-0.05, 0) is 79.4 Å². The van der Waals surface area contributed by atoms with E-state index in [1.807, 2.05) is 86.4 Å². The van der Waals surface area contributed by atoms with Crippen LogP contribution in [0.25, 0.3) is 27.7 Å². The molecule has 2 N–H and O–H groups in total. The van der Waals surface area contributed by atoms with Crippen molar-refractivity contribution in [2.75, 3.05) is 11.9 Å². The van der Waals surface area contributed by atoms with Crippen LogP contribution in [-0.4, -0.2) is 48.0 Å². The minimum Gasteiger partial charge on any atom is -0.350 e. The number of halogens is 1. The van der Waals surface area contributed by atoms with Gasteiger partial charge in [-0.3, -0.25) is 14.9 Å². The molecule has 204 valence electrons. The van der Waals surface area contributed by atoms with E-state index >= 15 is 0 Å². The number of carbonyl (C=O) groups is 2. The minimum atomic E-state index is -0.382. The van der Waals surface area contributed by atoms with Crippen molar-refractivity contribution in [1.29, 1.82) is 0 Å². The molecule has 9 nitrogen and oxygen atoms in total. The van der Waals surface area contributed by atoms with Crippen LogP contribution in [0.4, 0.5) is 5.95 Å². The van der Waals surface area contributed by atoms with Crippen LogP contribution in [0.2, 0.25) is 0 Å². The van der Waals surface area contributed by atoms with Gasteiger partial charge in [-0.15, -0.1) is 5.10 Å². The molecule has 1 saturated heterocycles. The number of nitrogens with zero attached hydrogens (tertiary/aromatic N) is 5. The number of pyridine rings is 1. The SMILES string of the molecule is Cc1cccc([C@H](C)NC(=O)c2cn(C)c3ccc(-c4ccn5nc(NC(=O)[C@H]6CCCN6Cl)nc5c4)cc23)c1. The smallest absolute Gasteiger partial charge is 0.253 e. The van der Waals surface area contributed by atoms with Crippen LogP contribution in [0.15, 0.2) is 67.0 Å². The van der Waals surface area contributed by atoms with Crippen LogP contribution in [0, 0.1) is 6.92 Å². The Morgan fingerprint density at radius 3 is 2.70 bits per heavy atom. The minimum absolute atomic E-state index is 0.122. The Labute approximate surface area is 236 Å². The maximum absolute atomic E-state index is 13.4. The zero-order valence-corrected chi connectivity index (χ0v) is 23.3. The summed E-state index contributed by atoms with van der Waals surface area (Å²) in [7, 11) is 1.94. The van der Waals surface area contributed by atoms with Crippen molar-refractivity contribution in [2.24, 2.45) is 7.05 Å². The average molecular weight is 556 g/mol. The Balaban J connectivity index is 1.26. The van der Waals surface area contributed by atoms with E-state index in [1.165, 1.54) is 4.42 Å². The number of hydrogen-bond donors (Lipinski definition) is 2. The number of hydrogen-bond acceptors (Lipinski definition) is 5. The van der Waals surface area contributed by atoms with Gasteiger partial charge < -0.3 is 9.88 Å². The van der Waals surface area contributed by atoms with Crippen LogP contribution in [-0.2, 0) is 11.8 Å². The van der Waals surface area contributed by atoms with E-state index in [0.717, 1.165) is 39.6 Å². The number of aryl methyl sites for hydroxylation is 2. The Morgan fingerprint density at radius 2 is 1.93 bits per heavy atom. The van der Waals surface area contributed by atoms with Gasteiger partial charge in [-0.1, -0.05) is 35.9 Å². The van der Waals surface area contributed by atoms with Crippen LogP contribution >= 0.6 is 11.8 Å². The largest absolute Gasteiger partial charge is 0.350 e. The fourth-order valence-corrected chi connectivity index (χ4v) is 5.65. The van der Waals surface area contributed by atoms with Gasteiger partial charge in [0, 0.05) is 36.9 Å². The maximum atomic E-state index is 13.4. The summed E-state index contributed by atoms with van der Waals surface area (Å²) in [5.74, 6) is -0.0946. The van der Waals surface area contributed by atoms with E-state index in [9.17, 15) is 9.59 Å². The maximum Gasteiger partial charge on any atom is 0.253 e. The molecule has 0 bridgehead atoms. The molecule has 2 aromatic carbocycles. The van der Waals surface area contributed by atoms with Gasteiger partial charge in [0.25, 0.3) is 5.91 Å². The number of benzene rings is 2. The first-order valence-corrected chi connectivity index (χ1v) is 13.7. The summed E-state index contributed by atoms with van der Waals surface area (Å²) < 4.78 is 5.12. The molecular formula is C30H30ClN7O2. The molecule has 0 spiro atoms. The summed E-state index contributed by atoms with van der Waals surface area (Å²) in [6, 6.07) is 17.6. The second kappa shape index (κ2) is 10.4. The van der Waals surface area contributed by atoms with Crippen LogP contribution < -0.4 is 10.6 Å². The zero-order chi connectivity index (χ0) is 28.0. The lowest BCUT2D eigenvalue weighted by atomic mass is 10.0. The van der Waals surface area contributed by atoms with Gasteiger partial charge in [0.2, 0.25) is 11.9 Å². The quantitative estimate of drug-likeness (QED) is 0.279. The molecule has 0 unspecified atom stereocenters. The molecule has 6 rings (SSSR count). The number of fused-ring (bicyclic) bond motifs is 2. The van der Waals surface area contributed by atoms with Gasteiger partial charge in [0.1, 0.15) is 6.04 Å². The van der Waals surface area contributed by atoms with Crippen molar-refractivity contribution < 1.29 is 9.59 Å². The first-order valence-electron chi connectivity index (χ1n) is 13.3. The lowest BCUT2D eigenvalue weighted by molar-refractivity contribution is -0.119. The Morgan fingerprint density at radius 1 is 1.10 bits per heavy atom. The second-order valence-corrected chi connectivity index (χ2v) is 10.9. The van der Waals surface area contributed by atoms with Crippen molar-refractivity contribution in [3.8, 4) is 11.1 Å². The van der Waals surface area contributed by atoms with Crippen LogP contribution in [0.5, 0.6) is 0 Å². The second-order valence-electron chi connectivity index (χ2n) is 10.4. The van der Waals surface area contributed by atoms with Crippen molar-refractivity contribution >= 4 is 46.1 Å². The first-order chi connectivity index (χ1) is 19.3. The number of nitrogens with one attached hydrogen (secondary N) is 2. The van der Waals surface area contributed by atoms with Crippen molar-refractivity contribution in [3.05, 3.63) is 83.7 Å². The highest BCUT2D eigenvalue weighted by atomic mass is 35.5. The third-order valence-corrected chi connectivity index (χ3v) is 7.92. The summed E-state index contributed by atoms with van der Waals surface area (Å²) in [5.41, 5.74) is 6.27. The highest BCUT2D eigenvalue weighted by Crippen LogP contribution is 2.29. The molecule has 1 aliphatic heterocycles. The molecule has 0 radical (unpaired) electrons. The average Bonchev–Trinajstić information content (AvgIpc) is 3.64. The first kappa shape index (κ1) is 26.0. The summed E-state index contributed by atoms with van der Waals surface area (Å²) >= 11 is 6.14. The third-order valence-electron chi connectivity index (χ3n) is 7.52. The van der Waals surface area contributed by atoms with Gasteiger partial charge in [-0.2, -0.15) is 4.98 Å². The molecule has 10 heteroatoms. The Kier molecular flexibility index (Phi) is 6.77. The summed E-state index contributed by atoms with van der Waals surface area (Å²) in [6.07, 6.45) is 5.27. The third kappa shape index (κ3) is 4.94. The highest BCUT2D eigenvalue weighted by Gasteiger charge is 2.30. The van der Waals surface area contributed by atoms with E-state index in [4.69, 9.17) is 11.8 Å². The number of amides is 2. The normalized spacial score (nSPS) is 16.4. The van der Waals surface area contributed by atoms with Crippen molar-refractivity contribution in [3.63, 3.8) is 0 Å². The number of carbonyl (C=O) groups excluding carboxylic acids is 2. The molecular weight excluding hydrogens is 526 g/mol. The van der Waals surface area contributed by atoms with Gasteiger partial charge >= 0.3 is 0 Å². The van der Waals surface area contributed by atoms with Crippen molar-refractivity contribution in [2.45, 2.75) is 38.8 Å². The number of anilines is 1. The predicted molar refractivity (Wildman–Crippen MR) is 156 cm³/mol. The van der Waals surface area contributed by atoms with Gasteiger partial charge in [-0.25, -0.2) is 8.93 Å². The molecule has 4 heterocycles. The molecule has 1 aliphatic rings. The molecule has 0 saturated carbocycles. The summed E-state index contributed by atoms with van der Waals surface area (Å²) in [5, 5.41) is 11.2. The molecule has 3 aromatic heterocycles. The Bertz CT molecular complexity index is 1760. The molecule has 1 fully saturated rings. The molecule has 2 amide bonds. The monoisotopic (exact) mass is 555 g/mol. The number of rotatable bonds is 6. The fraction of sp³-hybridized carbons (Fsp3) is 0.267. The lowest BCUT2D eigenvalue weighted by Gasteiger charge is -2.14. The lowest BCUT2D eigenvalue weighted by Crippen LogP contribution is -2.34. The van der Waals surface area contributed by atoms with E-state index in [1.54, 1.807) is 4.52 Å². The van der Waals surface area contributed by atoms with Gasteiger partial charge in [0.05, 0.1) is 11.6 Å². The van der Waals surface area contributed by atoms with Crippen LogP contribution in [0.1, 0.15) is 47.3 Å². The Hall–Kier alpha value is -4.21. The molecule has 0 aliphatic carbocycles. The van der Waals surface area contributed by atoms with E-state index in [2.05, 4.69) is 26.8 Å².